The Morgan fingerprint density at radius 2 is 1.96 bits per heavy atom. The highest BCUT2D eigenvalue weighted by molar-refractivity contribution is 7.08. The summed E-state index contributed by atoms with van der Waals surface area (Å²) in [6.07, 6.45) is 0. The Balaban J connectivity index is 1.91. The van der Waals surface area contributed by atoms with Crippen molar-refractivity contribution in [3.8, 4) is 17.0 Å². The van der Waals surface area contributed by atoms with Crippen LogP contribution in [0.4, 0.5) is 10.1 Å². The summed E-state index contributed by atoms with van der Waals surface area (Å²) in [6, 6.07) is 11.3. The Kier molecular flexibility index (Phi) is 4.52. The van der Waals surface area contributed by atoms with Crippen molar-refractivity contribution in [2.45, 2.75) is 6.92 Å². The van der Waals surface area contributed by atoms with Crippen molar-refractivity contribution in [2.24, 2.45) is 0 Å². The first-order valence-electron chi connectivity index (χ1n) is 7.13. The number of halogens is 1. The van der Waals surface area contributed by atoms with Gasteiger partial charge < -0.3 is 10.1 Å². The first-order valence-corrected chi connectivity index (χ1v) is 7.90. The minimum Gasteiger partial charge on any atom is -0.495 e. The highest BCUT2D eigenvalue weighted by Gasteiger charge is 2.19. The smallest absolute Gasteiger partial charge is 0.269 e. The molecule has 24 heavy (non-hydrogen) atoms. The molecule has 0 saturated heterocycles. The molecule has 0 saturated carbocycles. The molecular weight excluding hydrogens is 329 g/mol. The van der Waals surface area contributed by atoms with E-state index in [-0.39, 0.29) is 11.7 Å². The average molecular weight is 343 g/mol. The molecule has 2 aromatic carbocycles. The fraction of sp³-hybridized carbons (Fsp3) is 0.118. The summed E-state index contributed by atoms with van der Waals surface area (Å²) in [4.78, 5) is 13.0. The SMILES string of the molecule is COc1ccc(C)cc1NC(=O)c1snnc1-c1ccc(F)cc1. The van der Waals surface area contributed by atoms with Crippen molar-refractivity contribution in [3.05, 3.63) is 58.7 Å². The molecule has 0 radical (unpaired) electrons. The van der Waals surface area contributed by atoms with Gasteiger partial charge in [0.25, 0.3) is 5.91 Å². The molecule has 3 aromatic rings. The molecule has 0 bridgehead atoms. The van der Waals surface area contributed by atoms with Gasteiger partial charge in [0.2, 0.25) is 0 Å². The van der Waals surface area contributed by atoms with Gasteiger partial charge in [-0.3, -0.25) is 4.79 Å². The van der Waals surface area contributed by atoms with Gasteiger partial charge in [0, 0.05) is 5.56 Å². The Labute approximate surface area is 142 Å². The number of amides is 1. The Morgan fingerprint density at radius 1 is 1.21 bits per heavy atom. The minimum absolute atomic E-state index is 0.340. The molecule has 1 heterocycles. The zero-order chi connectivity index (χ0) is 17.1. The van der Waals surface area contributed by atoms with E-state index in [1.165, 1.54) is 12.1 Å². The lowest BCUT2D eigenvalue weighted by atomic mass is 10.1. The van der Waals surface area contributed by atoms with E-state index in [1.807, 2.05) is 19.1 Å². The Morgan fingerprint density at radius 3 is 2.67 bits per heavy atom. The summed E-state index contributed by atoms with van der Waals surface area (Å²) >= 11 is 0.986. The standard InChI is InChI=1S/C17H14FN3O2S/c1-10-3-8-14(23-2)13(9-10)19-17(22)16-15(20-21-24-16)11-4-6-12(18)7-5-11/h3-9H,1-2H3,(H,19,22). The van der Waals surface area contributed by atoms with Crippen molar-refractivity contribution in [2.75, 3.05) is 12.4 Å². The van der Waals surface area contributed by atoms with Crippen molar-refractivity contribution in [1.29, 1.82) is 0 Å². The molecule has 7 heteroatoms. The molecule has 0 spiro atoms. The topological polar surface area (TPSA) is 64.1 Å². The number of benzene rings is 2. The van der Waals surface area contributed by atoms with Crippen LogP contribution in [0.15, 0.2) is 42.5 Å². The van der Waals surface area contributed by atoms with Crippen LogP contribution >= 0.6 is 11.5 Å². The Hall–Kier alpha value is -2.80. The van der Waals surface area contributed by atoms with Crippen molar-refractivity contribution >= 4 is 23.1 Å². The lowest BCUT2D eigenvalue weighted by Crippen LogP contribution is -2.12. The fourth-order valence-electron chi connectivity index (χ4n) is 2.23. The van der Waals surface area contributed by atoms with E-state index in [9.17, 15) is 9.18 Å². The van der Waals surface area contributed by atoms with Crippen LogP contribution in [0.3, 0.4) is 0 Å². The lowest BCUT2D eigenvalue weighted by Gasteiger charge is -2.10. The first-order chi connectivity index (χ1) is 11.6. The quantitative estimate of drug-likeness (QED) is 0.780. The maximum Gasteiger partial charge on any atom is 0.269 e. The second-order valence-corrected chi connectivity index (χ2v) is 5.87. The third-order valence-electron chi connectivity index (χ3n) is 3.42. The molecule has 1 N–H and O–H groups in total. The molecule has 0 aliphatic rings. The van der Waals surface area contributed by atoms with Gasteiger partial charge in [0.15, 0.2) is 0 Å². The van der Waals surface area contributed by atoms with Crippen LogP contribution in [0.5, 0.6) is 5.75 Å². The number of nitrogens with zero attached hydrogens (tertiary/aromatic N) is 2. The fourth-order valence-corrected chi connectivity index (χ4v) is 2.82. The average Bonchev–Trinajstić information content (AvgIpc) is 3.05. The molecule has 0 atom stereocenters. The van der Waals surface area contributed by atoms with Gasteiger partial charge in [-0.2, -0.15) is 0 Å². The summed E-state index contributed by atoms with van der Waals surface area (Å²) in [5.74, 6) is -0.125. The van der Waals surface area contributed by atoms with Crippen LogP contribution in [0.2, 0.25) is 0 Å². The van der Waals surface area contributed by atoms with E-state index in [1.54, 1.807) is 25.3 Å². The first kappa shape index (κ1) is 16.1. The van der Waals surface area contributed by atoms with Crippen molar-refractivity contribution in [1.82, 2.24) is 9.59 Å². The molecule has 0 aliphatic carbocycles. The molecule has 1 amide bonds. The van der Waals surface area contributed by atoms with E-state index >= 15 is 0 Å². The largest absolute Gasteiger partial charge is 0.495 e. The number of rotatable bonds is 4. The molecule has 0 unspecified atom stereocenters. The summed E-state index contributed by atoms with van der Waals surface area (Å²) < 4.78 is 22.2. The van der Waals surface area contributed by atoms with Gasteiger partial charge in [-0.25, -0.2) is 4.39 Å². The molecule has 3 rings (SSSR count). The summed E-state index contributed by atoms with van der Waals surface area (Å²) in [5, 5.41) is 6.81. The number of methoxy groups -OCH3 is 1. The molecule has 5 nitrogen and oxygen atoms in total. The van der Waals surface area contributed by atoms with Crippen molar-refractivity contribution < 1.29 is 13.9 Å². The number of nitrogens with one attached hydrogen (secondary N) is 1. The van der Waals surface area contributed by atoms with Gasteiger partial charge >= 0.3 is 0 Å². The number of aromatic nitrogens is 2. The van der Waals surface area contributed by atoms with Gasteiger partial charge in [-0.15, -0.1) is 5.10 Å². The van der Waals surface area contributed by atoms with Crippen molar-refractivity contribution in [3.63, 3.8) is 0 Å². The zero-order valence-corrected chi connectivity index (χ0v) is 13.9. The monoisotopic (exact) mass is 343 g/mol. The van der Waals surface area contributed by atoms with E-state index in [2.05, 4.69) is 14.9 Å². The second-order valence-electron chi connectivity index (χ2n) is 5.12. The second kappa shape index (κ2) is 6.76. The third kappa shape index (κ3) is 3.26. The van der Waals surface area contributed by atoms with E-state index in [0.717, 1.165) is 17.1 Å². The van der Waals surface area contributed by atoms with E-state index in [0.29, 0.717) is 27.6 Å². The van der Waals surface area contributed by atoms with Crippen LogP contribution in [0.1, 0.15) is 15.2 Å². The zero-order valence-electron chi connectivity index (χ0n) is 13.0. The van der Waals surface area contributed by atoms with Gasteiger partial charge in [-0.05, 0) is 60.4 Å². The number of aryl methyl sites for hydroxylation is 1. The molecule has 122 valence electrons. The third-order valence-corrected chi connectivity index (χ3v) is 4.14. The predicted octanol–water partition coefficient (Wildman–Crippen LogP) is 3.91. The number of hydrogen-bond donors (Lipinski definition) is 1. The number of anilines is 1. The Bertz CT molecular complexity index is 878. The summed E-state index contributed by atoms with van der Waals surface area (Å²) in [7, 11) is 1.54. The summed E-state index contributed by atoms with van der Waals surface area (Å²) in [5.41, 5.74) is 2.61. The molecular formula is C17H14FN3O2S. The van der Waals surface area contributed by atoms with Gasteiger partial charge in [0.1, 0.15) is 22.1 Å². The van der Waals surface area contributed by atoms with Crippen LogP contribution in [0, 0.1) is 12.7 Å². The lowest BCUT2D eigenvalue weighted by molar-refractivity contribution is 0.103. The van der Waals surface area contributed by atoms with E-state index < -0.39 is 0 Å². The highest BCUT2D eigenvalue weighted by atomic mass is 32.1. The van der Waals surface area contributed by atoms with E-state index in [4.69, 9.17) is 4.74 Å². The summed E-state index contributed by atoms with van der Waals surface area (Å²) in [6.45, 7) is 1.92. The molecule has 1 aromatic heterocycles. The van der Waals surface area contributed by atoms with Crippen LogP contribution in [0.25, 0.3) is 11.3 Å². The molecule has 0 aliphatic heterocycles. The maximum atomic E-state index is 13.1. The number of hydrogen-bond acceptors (Lipinski definition) is 5. The highest BCUT2D eigenvalue weighted by Crippen LogP contribution is 2.28. The van der Waals surface area contributed by atoms with Crippen LogP contribution in [-0.4, -0.2) is 22.6 Å². The van der Waals surface area contributed by atoms with Gasteiger partial charge in [-0.1, -0.05) is 10.6 Å². The molecule has 0 fully saturated rings. The van der Waals surface area contributed by atoms with Crippen LogP contribution in [-0.2, 0) is 0 Å². The normalized spacial score (nSPS) is 10.5. The number of carbonyl (C=O) groups is 1. The minimum atomic E-state index is -0.350. The van der Waals surface area contributed by atoms with Crippen LogP contribution < -0.4 is 10.1 Å². The van der Waals surface area contributed by atoms with Gasteiger partial charge in [0.05, 0.1) is 12.8 Å². The maximum absolute atomic E-state index is 13.1. The number of ether oxygens (including phenoxy) is 1. The number of carbonyl (C=O) groups excluding carboxylic acids is 1. The predicted molar refractivity (Wildman–Crippen MR) is 91.0 cm³/mol.